The summed E-state index contributed by atoms with van der Waals surface area (Å²) < 4.78 is 0. The number of nitrogens with one attached hydrogen (secondary N) is 1. The Labute approximate surface area is 93.9 Å². The third-order valence-corrected chi connectivity index (χ3v) is 2.80. The Morgan fingerprint density at radius 1 is 1.13 bits per heavy atom. The van der Waals surface area contributed by atoms with Gasteiger partial charge in [0.2, 0.25) is 0 Å². The zero-order valence-corrected chi connectivity index (χ0v) is 10.4. The van der Waals surface area contributed by atoms with E-state index < -0.39 is 0 Å². The first-order valence-corrected chi connectivity index (χ1v) is 5.89. The Balaban J connectivity index is 2.43. The van der Waals surface area contributed by atoms with Crippen molar-refractivity contribution in [3.63, 3.8) is 0 Å². The van der Waals surface area contributed by atoms with E-state index in [-0.39, 0.29) is 0 Å². The largest absolute Gasteiger partial charge is 0.315 e. The summed E-state index contributed by atoms with van der Waals surface area (Å²) >= 11 is 0. The van der Waals surface area contributed by atoms with Crippen LogP contribution in [0, 0.1) is 13.8 Å². The molecule has 0 bridgehead atoms. The molecule has 0 fully saturated rings. The molecule has 1 heteroatoms. The molecule has 1 aromatic rings. The summed E-state index contributed by atoms with van der Waals surface area (Å²) in [4.78, 5) is 0. The van der Waals surface area contributed by atoms with Crippen molar-refractivity contribution in [3.05, 3.63) is 34.9 Å². The molecule has 15 heavy (non-hydrogen) atoms. The highest BCUT2D eigenvalue weighted by atomic mass is 14.9. The number of hydrogen-bond donors (Lipinski definition) is 1. The number of benzene rings is 1. The molecule has 84 valence electrons. The summed E-state index contributed by atoms with van der Waals surface area (Å²) in [6.07, 6.45) is 2.42. The molecule has 0 heterocycles. The van der Waals surface area contributed by atoms with E-state index in [2.05, 4.69) is 51.2 Å². The normalized spacial score (nSPS) is 11.0. The van der Waals surface area contributed by atoms with Crippen molar-refractivity contribution in [1.29, 1.82) is 0 Å². The van der Waals surface area contributed by atoms with Crippen LogP contribution in [0.5, 0.6) is 0 Å². The smallest absolute Gasteiger partial charge is 0.00103 e. The van der Waals surface area contributed by atoms with Gasteiger partial charge < -0.3 is 5.32 Å². The first kappa shape index (κ1) is 12.3. The van der Waals surface area contributed by atoms with Crippen LogP contribution in [0.1, 0.15) is 37.0 Å². The predicted molar refractivity (Wildman–Crippen MR) is 67.4 cm³/mol. The zero-order valence-electron chi connectivity index (χ0n) is 10.4. The lowest BCUT2D eigenvalue weighted by Crippen LogP contribution is -2.24. The van der Waals surface area contributed by atoms with Crippen molar-refractivity contribution < 1.29 is 0 Å². The SMILES string of the molecule is Cc1cccc(C)c1CCCNC(C)C. The second kappa shape index (κ2) is 5.92. The van der Waals surface area contributed by atoms with Crippen molar-refractivity contribution >= 4 is 0 Å². The molecule has 1 N–H and O–H groups in total. The van der Waals surface area contributed by atoms with Gasteiger partial charge in [0.15, 0.2) is 0 Å². The van der Waals surface area contributed by atoms with Crippen LogP contribution in [0.2, 0.25) is 0 Å². The van der Waals surface area contributed by atoms with Crippen molar-refractivity contribution in [2.24, 2.45) is 0 Å². The zero-order chi connectivity index (χ0) is 11.3. The van der Waals surface area contributed by atoms with E-state index in [9.17, 15) is 0 Å². The van der Waals surface area contributed by atoms with Gasteiger partial charge in [-0.15, -0.1) is 0 Å². The molecule has 0 radical (unpaired) electrons. The summed E-state index contributed by atoms with van der Waals surface area (Å²) in [7, 11) is 0. The molecule has 1 rings (SSSR count). The molecule has 1 aromatic carbocycles. The number of hydrogen-bond acceptors (Lipinski definition) is 1. The van der Waals surface area contributed by atoms with Crippen LogP contribution in [-0.2, 0) is 6.42 Å². The summed E-state index contributed by atoms with van der Waals surface area (Å²) in [6, 6.07) is 7.15. The number of rotatable bonds is 5. The van der Waals surface area contributed by atoms with Gasteiger partial charge in [0.25, 0.3) is 0 Å². The van der Waals surface area contributed by atoms with Crippen LogP contribution in [-0.4, -0.2) is 12.6 Å². The molecule has 0 amide bonds. The van der Waals surface area contributed by atoms with Crippen LogP contribution in [0.3, 0.4) is 0 Å². The van der Waals surface area contributed by atoms with E-state index in [0.717, 1.165) is 6.54 Å². The molecule has 0 unspecified atom stereocenters. The lowest BCUT2D eigenvalue weighted by atomic mass is 9.99. The maximum Gasteiger partial charge on any atom is 0.00103 e. The summed E-state index contributed by atoms with van der Waals surface area (Å²) in [5.74, 6) is 0. The minimum Gasteiger partial charge on any atom is -0.315 e. The molecular formula is C14H23N. The van der Waals surface area contributed by atoms with Gasteiger partial charge in [-0.1, -0.05) is 32.0 Å². The van der Waals surface area contributed by atoms with Crippen molar-refractivity contribution in [2.45, 2.75) is 46.6 Å². The summed E-state index contributed by atoms with van der Waals surface area (Å²) in [6.45, 7) is 9.92. The summed E-state index contributed by atoms with van der Waals surface area (Å²) in [5.41, 5.74) is 4.39. The van der Waals surface area contributed by atoms with E-state index >= 15 is 0 Å². The maximum absolute atomic E-state index is 3.45. The molecule has 0 aliphatic carbocycles. The van der Waals surface area contributed by atoms with E-state index in [1.165, 1.54) is 29.5 Å². The van der Waals surface area contributed by atoms with Gasteiger partial charge in [-0.25, -0.2) is 0 Å². The number of aryl methyl sites for hydroxylation is 2. The van der Waals surface area contributed by atoms with E-state index in [1.807, 2.05) is 0 Å². The maximum atomic E-state index is 3.45. The van der Waals surface area contributed by atoms with Gasteiger partial charge in [-0.3, -0.25) is 0 Å². The average molecular weight is 205 g/mol. The van der Waals surface area contributed by atoms with Crippen molar-refractivity contribution in [1.82, 2.24) is 5.32 Å². The highest BCUT2D eigenvalue weighted by molar-refractivity contribution is 5.33. The molecular weight excluding hydrogens is 182 g/mol. The lowest BCUT2D eigenvalue weighted by Gasteiger charge is -2.11. The third-order valence-electron chi connectivity index (χ3n) is 2.80. The fraction of sp³-hybridized carbons (Fsp3) is 0.571. The molecule has 0 saturated heterocycles. The molecule has 0 aromatic heterocycles. The van der Waals surface area contributed by atoms with E-state index in [4.69, 9.17) is 0 Å². The lowest BCUT2D eigenvalue weighted by molar-refractivity contribution is 0.570. The first-order valence-electron chi connectivity index (χ1n) is 5.89. The van der Waals surface area contributed by atoms with Gasteiger partial charge in [0.1, 0.15) is 0 Å². The predicted octanol–water partition coefficient (Wildman–Crippen LogP) is 3.23. The minimum absolute atomic E-state index is 0.600. The molecule has 1 nitrogen and oxygen atoms in total. The van der Waals surface area contributed by atoms with Crippen LogP contribution in [0.25, 0.3) is 0 Å². The Kier molecular flexibility index (Phi) is 4.83. The topological polar surface area (TPSA) is 12.0 Å². The highest BCUT2D eigenvalue weighted by Crippen LogP contribution is 2.14. The van der Waals surface area contributed by atoms with Gasteiger partial charge in [-0.2, -0.15) is 0 Å². The van der Waals surface area contributed by atoms with Gasteiger partial charge in [-0.05, 0) is 49.9 Å². The van der Waals surface area contributed by atoms with Crippen LogP contribution in [0.4, 0.5) is 0 Å². The second-order valence-corrected chi connectivity index (χ2v) is 4.58. The quantitative estimate of drug-likeness (QED) is 0.728. The van der Waals surface area contributed by atoms with E-state index in [1.54, 1.807) is 0 Å². The van der Waals surface area contributed by atoms with Gasteiger partial charge in [0, 0.05) is 6.04 Å². The molecule has 0 aliphatic rings. The Bertz CT molecular complexity index is 282. The minimum atomic E-state index is 0.600. The van der Waals surface area contributed by atoms with Gasteiger partial charge >= 0.3 is 0 Å². The Hall–Kier alpha value is -0.820. The fourth-order valence-corrected chi connectivity index (χ4v) is 1.90. The van der Waals surface area contributed by atoms with Gasteiger partial charge in [0.05, 0.1) is 0 Å². The van der Waals surface area contributed by atoms with Crippen molar-refractivity contribution in [3.8, 4) is 0 Å². The van der Waals surface area contributed by atoms with Crippen LogP contribution >= 0.6 is 0 Å². The Morgan fingerprint density at radius 2 is 1.73 bits per heavy atom. The standard InChI is InChI=1S/C14H23N/c1-11(2)15-10-6-9-14-12(3)7-5-8-13(14)4/h5,7-8,11,15H,6,9-10H2,1-4H3. The fourth-order valence-electron chi connectivity index (χ4n) is 1.90. The third kappa shape index (κ3) is 4.05. The molecule has 0 aliphatic heterocycles. The first-order chi connectivity index (χ1) is 7.11. The molecule has 0 saturated carbocycles. The highest BCUT2D eigenvalue weighted by Gasteiger charge is 2.01. The van der Waals surface area contributed by atoms with Crippen LogP contribution in [0.15, 0.2) is 18.2 Å². The molecule has 0 spiro atoms. The Morgan fingerprint density at radius 3 is 2.27 bits per heavy atom. The van der Waals surface area contributed by atoms with Crippen molar-refractivity contribution in [2.75, 3.05) is 6.54 Å². The molecule has 0 atom stereocenters. The average Bonchev–Trinajstić information content (AvgIpc) is 2.15. The second-order valence-electron chi connectivity index (χ2n) is 4.58. The summed E-state index contributed by atoms with van der Waals surface area (Å²) in [5, 5.41) is 3.45. The monoisotopic (exact) mass is 205 g/mol. The van der Waals surface area contributed by atoms with E-state index in [0.29, 0.717) is 6.04 Å². The van der Waals surface area contributed by atoms with Crippen LogP contribution < -0.4 is 5.32 Å².